The topological polar surface area (TPSA) is 55.8 Å². The molecule has 0 aromatic heterocycles. The molecule has 3 rings (SSSR count). The molecule has 0 amide bonds. The van der Waals surface area contributed by atoms with Crippen LogP contribution in [0.5, 0.6) is 0 Å². The summed E-state index contributed by atoms with van der Waals surface area (Å²) in [5, 5.41) is 11.0. The number of benzene rings is 1. The number of aryl methyl sites for hydroxylation is 3. The SMILES string of the molecule is CCc1cc(C)cc(C)c1C1=C(O)[C@]2(CC[C@@H](OCC(F)(F)F)CC2)OC1=O. The highest BCUT2D eigenvalue weighted by atomic mass is 19.4. The van der Waals surface area contributed by atoms with Crippen LogP contribution >= 0.6 is 0 Å². The van der Waals surface area contributed by atoms with Gasteiger partial charge in [-0.2, -0.15) is 13.2 Å². The van der Waals surface area contributed by atoms with Gasteiger partial charge in [0.15, 0.2) is 11.4 Å². The van der Waals surface area contributed by atoms with Gasteiger partial charge in [-0.05, 0) is 62.6 Å². The molecule has 4 nitrogen and oxygen atoms in total. The van der Waals surface area contributed by atoms with Gasteiger partial charge in [0.05, 0.1) is 6.10 Å². The van der Waals surface area contributed by atoms with Gasteiger partial charge in [-0.1, -0.05) is 24.6 Å². The smallest absolute Gasteiger partial charge is 0.411 e. The summed E-state index contributed by atoms with van der Waals surface area (Å²) in [7, 11) is 0. The average molecular weight is 398 g/mol. The Balaban J connectivity index is 1.86. The van der Waals surface area contributed by atoms with E-state index < -0.39 is 30.5 Å². The second-order valence-electron chi connectivity index (χ2n) is 7.70. The molecule has 1 aliphatic carbocycles. The molecular weight excluding hydrogens is 373 g/mol. The summed E-state index contributed by atoms with van der Waals surface area (Å²) < 4.78 is 47.6. The first-order chi connectivity index (χ1) is 13.1. The Kier molecular flexibility index (Phi) is 5.49. The van der Waals surface area contributed by atoms with Crippen LogP contribution in [-0.4, -0.2) is 35.6 Å². The molecule has 1 heterocycles. The Labute approximate surface area is 162 Å². The van der Waals surface area contributed by atoms with Gasteiger partial charge in [-0.25, -0.2) is 4.79 Å². The average Bonchev–Trinajstić information content (AvgIpc) is 2.84. The zero-order valence-electron chi connectivity index (χ0n) is 16.3. The maximum atomic E-state index is 12.7. The summed E-state index contributed by atoms with van der Waals surface area (Å²) in [6, 6.07) is 3.94. The van der Waals surface area contributed by atoms with Crippen molar-refractivity contribution in [3.05, 3.63) is 40.1 Å². The molecule has 0 atom stereocenters. The standard InChI is InChI=1S/C21H25F3O4/c1-4-14-10-12(2)9-13(3)16(14)17-18(25)20(28-19(17)26)7-5-15(6-8-20)27-11-21(22,23)24/h9-10,15,25H,4-8,11H2,1-3H3/t15-,20-. The fourth-order valence-corrected chi connectivity index (χ4v) is 4.29. The predicted molar refractivity (Wildman–Crippen MR) is 97.9 cm³/mol. The third-order valence-corrected chi connectivity index (χ3v) is 5.58. The molecule has 1 spiro atoms. The van der Waals surface area contributed by atoms with Gasteiger partial charge in [0.2, 0.25) is 0 Å². The Hall–Kier alpha value is -2.02. The number of carbonyl (C=O) groups excluding carboxylic acids is 1. The summed E-state index contributed by atoms with van der Waals surface area (Å²) in [5.41, 5.74) is 2.63. The van der Waals surface area contributed by atoms with Gasteiger partial charge in [0.1, 0.15) is 12.2 Å². The van der Waals surface area contributed by atoms with Crippen molar-refractivity contribution in [2.45, 2.75) is 70.8 Å². The van der Waals surface area contributed by atoms with Crippen LogP contribution in [0.1, 0.15) is 54.9 Å². The first-order valence-electron chi connectivity index (χ1n) is 9.52. The first kappa shape index (κ1) is 20.7. The fraction of sp³-hybridized carbons (Fsp3) is 0.571. The highest BCUT2D eigenvalue weighted by Gasteiger charge is 2.51. The maximum absolute atomic E-state index is 12.7. The summed E-state index contributed by atoms with van der Waals surface area (Å²) in [6.45, 7) is 4.55. The van der Waals surface area contributed by atoms with Gasteiger partial charge in [-0.3, -0.25) is 0 Å². The molecule has 1 saturated carbocycles. The van der Waals surface area contributed by atoms with E-state index in [1.165, 1.54) is 0 Å². The lowest BCUT2D eigenvalue weighted by atomic mass is 9.80. The van der Waals surface area contributed by atoms with Crippen molar-refractivity contribution in [2.24, 2.45) is 0 Å². The second kappa shape index (κ2) is 7.43. The van der Waals surface area contributed by atoms with Crippen molar-refractivity contribution < 1.29 is 32.5 Å². The number of rotatable bonds is 4. The molecule has 0 bridgehead atoms. The van der Waals surface area contributed by atoms with Crippen molar-refractivity contribution in [1.29, 1.82) is 0 Å². The molecule has 0 unspecified atom stereocenters. The van der Waals surface area contributed by atoms with Crippen molar-refractivity contribution in [3.8, 4) is 0 Å². The van der Waals surface area contributed by atoms with Crippen LogP contribution in [0.3, 0.4) is 0 Å². The highest BCUT2D eigenvalue weighted by Crippen LogP contribution is 2.47. The fourth-order valence-electron chi connectivity index (χ4n) is 4.29. The number of aliphatic hydroxyl groups excluding tert-OH is 1. The van der Waals surface area contributed by atoms with Crippen molar-refractivity contribution >= 4 is 11.5 Å². The number of hydrogen-bond donors (Lipinski definition) is 1. The quantitative estimate of drug-likeness (QED) is 0.729. The Morgan fingerprint density at radius 2 is 1.89 bits per heavy atom. The van der Waals surface area contributed by atoms with Crippen LogP contribution in [-0.2, 0) is 20.7 Å². The molecule has 1 fully saturated rings. The lowest BCUT2D eigenvalue weighted by molar-refractivity contribution is -0.192. The number of carbonyl (C=O) groups is 1. The molecule has 1 N–H and O–H groups in total. The minimum Gasteiger partial charge on any atom is -0.507 e. The molecule has 2 aliphatic rings. The Bertz CT molecular complexity index is 803. The Morgan fingerprint density at radius 1 is 1.25 bits per heavy atom. The zero-order chi connectivity index (χ0) is 20.7. The molecule has 154 valence electrons. The van der Waals surface area contributed by atoms with Crippen LogP contribution < -0.4 is 0 Å². The monoisotopic (exact) mass is 398 g/mol. The molecule has 7 heteroatoms. The highest BCUT2D eigenvalue weighted by molar-refractivity contribution is 6.20. The van der Waals surface area contributed by atoms with Gasteiger partial charge in [0.25, 0.3) is 0 Å². The van der Waals surface area contributed by atoms with Gasteiger partial charge >= 0.3 is 12.1 Å². The maximum Gasteiger partial charge on any atom is 0.411 e. The van der Waals surface area contributed by atoms with Crippen molar-refractivity contribution in [3.63, 3.8) is 0 Å². The van der Waals surface area contributed by atoms with E-state index in [0.717, 1.165) is 16.7 Å². The van der Waals surface area contributed by atoms with Crippen LogP contribution in [0.25, 0.3) is 5.57 Å². The molecule has 1 aliphatic heterocycles. The van der Waals surface area contributed by atoms with E-state index in [0.29, 0.717) is 12.0 Å². The minimum absolute atomic E-state index is 0.103. The number of aliphatic hydroxyl groups is 1. The molecule has 28 heavy (non-hydrogen) atoms. The van der Waals surface area contributed by atoms with Crippen LogP contribution in [0.15, 0.2) is 17.9 Å². The summed E-state index contributed by atoms with van der Waals surface area (Å²) in [4.78, 5) is 12.7. The molecule has 0 saturated heterocycles. The second-order valence-corrected chi connectivity index (χ2v) is 7.70. The lowest BCUT2D eigenvalue weighted by Crippen LogP contribution is -2.39. The summed E-state index contributed by atoms with van der Waals surface area (Å²) in [5.74, 6) is -0.678. The van der Waals surface area contributed by atoms with E-state index in [1.807, 2.05) is 32.9 Å². The normalized spacial score (nSPS) is 25.5. The van der Waals surface area contributed by atoms with Crippen LogP contribution in [0.4, 0.5) is 13.2 Å². The first-order valence-corrected chi connectivity index (χ1v) is 9.52. The van der Waals surface area contributed by atoms with Crippen molar-refractivity contribution in [2.75, 3.05) is 6.61 Å². The van der Waals surface area contributed by atoms with E-state index in [2.05, 4.69) is 0 Å². The Morgan fingerprint density at radius 3 is 2.46 bits per heavy atom. The number of halogens is 3. The molecule has 1 aromatic carbocycles. The van der Waals surface area contributed by atoms with Crippen LogP contribution in [0.2, 0.25) is 0 Å². The lowest BCUT2D eigenvalue weighted by Gasteiger charge is -2.35. The minimum atomic E-state index is -4.37. The summed E-state index contributed by atoms with van der Waals surface area (Å²) >= 11 is 0. The third kappa shape index (κ3) is 3.90. The molecular formula is C21H25F3O4. The van der Waals surface area contributed by atoms with E-state index in [9.17, 15) is 23.1 Å². The van der Waals surface area contributed by atoms with E-state index in [1.54, 1.807) is 0 Å². The predicted octanol–water partition coefficient (Wildman–Crippen LogP) is 4.95. The number of hydrogen-bond acceptors (Lipinski definition) is 4. The van der Waals surface area contributed by atoms with E-state index in [4.69, 9.17) is 9.47 Å². The largest absolute Gasteiger partial charge is 0.507 e. The van der Waals surface area contributed by atoms with E-state index in [-0.39, 0.29) is 37.0 Å². The van der Waals surface area contributed by atoms with E-state index >= 15 is 0 Å². The molecule has 1 aromatic rings. The zero-order valence-corrected chi connectivity index (χ0v) is 16.3. The van der Waals surface area contributed by atoms with Crippen LogP contribution in [0, 0.1) is 13.8 Å². The van der Waals surface area contributed by atoms with Gasteiger partial charge in [-0.15, -0.1) is 0 Å². The van der Waals surface area contributed by atoms with Gasteiger partial charge < -0.3 is 14.6 Å². The van der Waals surface area contributed by atoms with Gasteiger partial charge in [0, 0.05) is 0 Å². The number of alkyl halides is 3. The number of esters is 1. The molecule has 0 radical (unpaired) electrons. The summed E-state index contributed by atoms with van der Waals surface area (Å²) in [6.07, 6.45) is -3.18. The number of ether oxygens (including phenoxy) is 2. The van der Waals surface area contributed by atoms with Crippen molar-refractivity contribution in [1.82, 2.24) is 0 Å². The third-order valence-electron chi connectivity index (χ3n) is 5.58.